The normalized spacial score (nSPS) is 11.9. The first-order chi connectivity index (χ1) is 9.93. The van der Waals surface area contributed by atoms with Crippen molar-refractivity contribution in [1.82, 2.24) is 5.32 Å². The Morgan fingerprint density at radius 2 is 2.00 bits per heavy atom. The second-order valence-electron chi connectivity index (χ2n) is 5.25. The zero-order chi connectivity index (χ0) is 15.8. The number of nitrogens with one attached hydrogen (secondary N) is 1. The molecule has 0 aliphatic carbocycles. The van der Waals surface area contributed by atoms with Crippen molar-refractivity contribution >= 4 is 11.9 Å². The van der Waals surface area contributed by atoms with Gasteiger partial charge in [0.25, 0.3) is 5.91 Å². The SMILES string of the molecule is CCC(CCNC(=O)c1ccc(C)c(O)c1)CCC(=O)O. The largest absolute Gasteiger partial charge is 0.508 e. The molecule has 5 nitrogen and oxygen atoms in total. The number of carbonyl (C=O) groups is 2. The molecule has 1 atom stereocenters. The number of phenols is 1. The molecule has 3 N–H and O–H groups in total. The standard InChI is InChI=1S/C16H23NO4/c1-3-12(5-7-15(19)20)8-9-17-16(21)13-6-4-11(2)14(18)10-13/h4,6,10,12,18H,3,5,7-9H2,1-2H3,(H,17,21)(H,19,20). The molecule has 0 saturated carbocycles. The smallest absolute Gasteiger partial charge is 0.303 e. The summed E-state index contributed by atoms with van der Waals surface area (Å²) in [4.78, 5) is 22.5. The molecule has 0 saturated heterocycles. The van der Waals surface area contributed by atoms with Gasteiger partial charge in [-0.3, -0.25) is 9.59 Å². The highest BCUT2D eigenvalue weighted by atomic mass is 16.4. The van der Waals surface area contributed by atoms with Gasteiger partial charge < -0.3 is 15.5 Å². The van der Waals surface area contributed by atoms with E-state index in [0.29, 0.717) is 24.4 Å². The average Bonchev–Trinajstić information content (AvgIpc) is 2.45. The monoisotopic (exact) mass is 293 g/mol. The maximum Gasteiger partial charge on any atom is 0.303 e. The van der Waals surface area contributed by atoms with E-state index in [2.05, 4.69) is 5.32 Å². The Balaban J connectivity index is 2.41. The second-order valence-corrected chi connectivity index (χ2v) is 5.25. The minimum Gasteiger partial charge on any atom is -0.508 e. The van der Waals surface area contributed by atoms with Crippen LogP contribution in [0.15, 0.2) is 18.2 Å². The Hall–Kier alpha value is -2.04. The predicted molar refractivity (Wildman–Crippen MR) is 80.4 cm³/mol. The number of hydrogen-bond acceptors (Lipinski definition) is 3. The molecule has 1 rings (SSSR count). The van der Waals surface area contributed by atoms with E-state index < -0.39 is 5.97 Å². The number of carbonyl (C=O) groups excluding carboxylic acids is 1. The molecule has 0 fully saturated rings. The Morgan fingerprint density at radius 1 is 1.29 bits per heavy atom. The lowest BCUT2D eigenvalue weighted by atomic mass is 9.96. The zero-order valence-corrected chi connectivity index (χ0v) is 12.6. The lowest BCUT2D eigenvalue weighted by Gasteiger charge is -2.14. The van der Waals surface area contributed by atoms with Crippen LogP contribution >= 0.6 is 0 Å². The van der Waals surface area contributed by atoms with E-state index in [1.807, 2.05) is 6.92 Å². The summed E-state index contributed by atoms with van der Waals surface area (Å²) in [6.07, 6.45) is 2.45. The first kappa shape index (κ1) is 17.0. The molecular weight excluding hydrogens is 270 g/mol. The van der Waals surface area contributed by atoms with Crippen molar-refractivity contribution in [2.24, 2.45) is 5.92 Å². The summed E-state index contributed by atoms with van der Waals surface area (Å²) in [6, 6.07) is 4.82. The number of aromatic hydroxyl groups is 1. The van der Waals surface area contributed by atoms with E-state index in [1.165, 1.54) is 6.07 Å². The molecular formula is C16H23NO4. The topological polar surface area (TPSA) is 86.6 Å². The van der Waals surface area contributed by atoms with Crippen molar-refractivity contribution in [1.29, 1.82) is 0 Å². The molecule has 1 aromatic carbocycles. The van der Waals surface area contributed by atoms with E-state index in [0.717, 1.165) is 18.4 Å². The van der Waals surface area contributed by atoms with Gasteiger partial charge in [-0.25, -0.2) is 0 Å². The van der Waals surface area contributed by atoms with Gasteiger partial charge >= 0.3 is 5.97 Å². The number of benzene rings is 1. The summed E-state index contributed by atoms with van der Waals surface area (Å²) in [6.45, 7) is 4.29. The highest BCUT2D eigenvalue weighted by molar-refractivity contribution is 5.94. The fraction of sp³-hybridized carbons (Fsp3) is 0.500. The number of amides is 1. The minimum absolute atomic E-state index is 0.107. The summed E-state index contributed by atoms with van der Waals surface area (Å²) in [5.74, 6) is -0.602. The third kappa shape index (κ3) is 5.85. The Labute approximate surface area is 125 Å². The van der Waals surface area contributed by atoms with Crippen molar-refractivity contribution in [3.63, 3.8) is 0 Å². The number of carboxylic acids is 1. The highest BCUT2D eigenvalue weighted by Crippen LogP contribution is 2.18. The first-order valence-corrected chi connectivity index (χ1v) is 7.23. The number of rotatable bonds is 8. The molecule has 5 heteroatoms. The second kappa shape index (κ2) is 8.29. The van der Waals surface area contributed by atoms with Gasteiger partial charge in [-0.15, -0.1) is 0 Å². The Bertz CT molecular complexity index is 499. The van der Waals surface area contributed by atoms with Gasteiger partial charge in [-0.05, 0) is 43.4 Å². The quantitative estimate of drug-likeness (QED) is 0.688. The summed E-state index contributed by atoms with van der Waals surface area (Å²) < 4.78 is 0. The molecule has 116 valence electrons. The molecule has 0 radical (unpaired) electrons. The molecule has 1 unspecified atom stereocenters. The predicted octanol–water partition coefficient (Wildman–Crippen LogP) is 2.71. The maximum atomic E-state index is 11.9. The zero-order valence-electron chi connectivity index (χ0n) is 12.6. The summed E-state index contributed by atoms with van der Waals surface area (Å²) >= 11 is 0. The number of phenolic OH excluding ortho intramolecular Hbond substituents is 1. The van der Waals surface area contributed by atoms with Crippen molar-refractivity contribution in [2.45, 2.75) is 39.5 Å². The van der Waals surface area contributed by atoms with Crippen molar-refractivity contribution in [3.8, 4) is 5.75 Å². The van der Waals surface area contributed by atoms with Crippen LogP contribution in [0.3, 0.4) is 0 Å². The van der Waals surface area contributed by atoms with Crippen LogP contribution in [0, 0.1) is 12.8 Å². The average molecular weight is 293 g/mol. The molecule has 0 bridgehead atoms. The highest BCUT2D eigenvalue weighted by Gasteiger charge is 2.11. The lowest BCUT2D eigenvalue weighted by molar-refractivity contribution is -0.137. The van der Waals surface area contributed by atoms with Crippen LogP contribution < -0.4 is 5.32 Å². The number of aliphatic carboxylic acids is 1. The van der Waals surface area contributed by atoms with Gasteiger partial charge in [0, 0.05) is 18.5 Å². The van der Waals surface area contributed by atoms with Crippen LogP contribution in [0.1, 0.15) is 48.5 Å². The van der Waals surface area contributed by atoms with Gasteiger partial charge in [0.2, 0.25) is 0 Å². The van der Waals surface area contributed by atoms with Crippen LogP contribution in [0.2, 0.25) is 0 Å². The number of carboxylic acid groups (broad SMARTS) is 1. The van der Waals surface area contributed by atoms with Crippen molar-refractivity contribution in [2.75, 3.05) is 6.54 Å². The molecule has 0 spiro atoms. The summed E-state index contributed by atoms with van der Waals surface area (Å²) in [5, 5.41) is 21.1. The van der Waals surface area contributed by atoms with E-state index in [-0.39, 0.29) is 18.1 Å². The summed E-state index contributed by atoms with van der Waals surface area (Å²) in [7, 11) is 0. The molecule has 1 aromatic rings. The van der Waals surface area contributed by atoms with Crippen LogP contribution in [-0.2, 0) is 4.79 Å². The Kier molecular flexibility index (Phi) is 6.72. The molecule has 0 aromatic heterocycles. The fourth-order valence-corrected chi connectivity index (χ4v) is 2.12. The maximum absolute atomic E-state index is 11.9. The van der Waals surface area contributed by atoms with Gasteiger partial charge in [0.1, 0.15) is 5.75 Å². The lowest BCUT2D eigenvalue weighted by Crippen LogP contribution is -2.26. The Morgan fingerprint density at radius 3 is 2.57 bits per heavy atom. The molecule has 21 heavy (non-hydrogen) atoms. The first-order valence-electron chi connectivity index (χ1n) is 7.23. The van der Waals surface area contributed by atoms with Crippen LogP contribution in [0.5, 0.6) is 5.75 Å². The fourth-order valence-electron chi connectivity index (χ4n) is 2.12. The molecule has 0 aliphatic rings. The van der Waals surface area contributed by atoms with Gasteiger partial charge in [0.05, 0.1) is 0 Å². The van der Waals surface area contributed by atoms with Gasteiger partial charge in [0.15, 0.2) is 0 Å². The van der Waals surface area contributed by atoms with E-state index in [9.17, 15) is 14.7 Å². The molecule has 0 heterocycles. The van der Waals surface area contributed by atoms with Crippen LogP contribution in [0.25, 0.3) is 0 Å². The van der Waals surface area contributed by atoms with Gasteiger partial charge in [-0.2, -0.15) is 0 Å². The number of aryl methyl sites for hydroxylation is 1. The van der Waals surface area contributed by atoms with E-state index in [4.69, 9.17) is 5.11 Å². The van der Waals surface area contributed by atoms with Crippen molar-refractivity contribution in [3.05, 3.63) is 29.3 Å². The van der Waals surface area contributed by atoms with Crippen LogP contribution in [-0.4, -0.2) is 28.6 Å². The van der Waals surface area contributed by atoms with Crippen molar-refractivity contribution < 1.29 is 19.8 Å². The van der Waals surface area contributed by atoms with Crippen LogP contribution in [0.4, 0.5) is 0 Å². The van der Waals surface area contributed by atoms with E-state index >= 15 is 0 Å². The molecule has 1 amide bonds. The third-order valence-electron chi connectivity index (χ3n) is 3.65. The third-order valence-corrected chi connectivity index (χ3v) is 3.65. The molecule has 0 aliphatic heterocycles. The summed E-state index contributed by atoms with van der Waals surface area (Å²) in [5.41, 5.74) is 1.16. The van der Waals surface area contributed by atoms with E-state index in [1.54, 1.807) is 19.1 Å². The van der Waals surface area contributed by atoms with Gasteiger partial charge in [-0.1, -0.05) is 19.4 Å². The number of hydrogen-bond donors (Lipinski definition) is 3. The minimum atomic E-state index is -0.785.